The van der Waals surface area contributed by atoms with Crippen molar-refractivity contribution in [3.05, 3.63) is 35.4 Å². The molecule has 0 aromatic heterocycles. The van der Waals surface area contributed by atoms with E-state index in [0.717, 1.165) is 6.04 Å². The van der Waals surface area contributed by atoms with E-state index in [4.69, 9.17) is 0 Å². The van der Waals surface area contributed by atoms with Crippen molar-refractivity contribution in [2.45, 2.75) is 44.1 Å². The van der Waals surface area contributed by atoms with E-state index in [1.54, 1.807) is 16.0 Å². The number of hydrogen-bond acceptors (Lipinski definition) is 0. The number of halogens is 1. The van der Waals surface area contributed by atoms with E-state index in [-0.39, 0.29) is 12.4 Å². The Bertz CT molecular complexity index is 400. The summed E-state index contributed by atoms with van der Waals surface area (Å²) in [4.78, 5) is 1.75. The minimum absolute atomic E-state index is 0. The van der Waals surface area contributed by atoms with Gasteiger partial charge in [-0.2, -0.15) is 0 Å². The number of likely N-dealkylation sites (N-methyl/N-ethyl adjacent to an activating group) is 1. The Morgan fingerprint density at radius 2 is 2.12 bits per heavy atom. The molecule has 3 atom stereocenters. The van der Waals surface area contributed by atoms with Gasteiger partial charge in [-0.15, -0.1) is 0 Å². The fourth-order valence-electron chi connectivity index (χ4n) is 4.22. The molecule has 0 spiro atoms. The highest BCUT2D eigenvalue weighted by molar-refractivity contribution is 5.42. The Labute approximate surface area is 111 Å². The van der Waals surface area contributed by atoms with Gasteiger partial charge in [0.2, 0.25) is 0 Å². The van der Waals surface area contributed by atoms with Crippen molar-refractivity contribution in [1.29, 1.82) is 0 Å². The first-order valence-corrected chi connectivity index (χ1v) is 6.68. The summed E-state index contributed by atoms with van der Waals surface area (Å²) in [5, 5.41) is 0. The summed E-state index contributed by atoms with van der Waals surface area (Å²) in [6.45, 7) is 3.69. The van der Waals surface area contributed by atoms with E-state index in [9.17, 15) is 0 Å². The summed E-state index contributed by atoms with van der Waals surface area (Å²) in [6.07, 6.45) is 5.40. The maximum Gasteiger partial charge on any atom is 0.101 e. The molecule has 2 aliphatic rings. The maximum absolute atomic E-state index is 2.39. The number of benzene rings is 1. The van der Waals surface area contributed by atoms with Crippen LogP contribution in [0, 0.1) is 0 Å². The van der Waals surface area contributed by atoms with E-state index in [0.29, 0.717) is 5.41 Å². The summed E-state index contributed by atoms with van der Waals surface area (Å²) in [5.41, 5.74) is 3.83. The molecule has 3 unspecified atom stereocenters. The molecule has 1 N–H and O–H groups in total. The molecule has 1 aromatic carbocycles. The van der Waals surface area contributed by atoms with Crippen molar-refractivity contribution in [3.63, 3.8) is 0 Å². The molecule has 2 heteroatoms. The molecule has 1 fully saturated rings. The molecule has 0 radical (unpaired) electrons. The van der Waals surface area contributed by atoms with Gasteiger partial charge in [0, 0.05) is 12.8 Å². The first-order valence-electron chi connectivity index (χ1n) is 6.68. The second-order valence-electron chi connectivity index (χ2n) is 5.67. The van der Waals surface area contributed by atoms with Crippen LogP contribution in [0.2, 0.25) is 0 Å². The molecular weight excluding hydrogens is 230 g/mol. The van der Waals surface area contributed by atoms with Crippen LogP contribution in [0.3, 0.4) is 0 Å². The van der Waals surface area contributed by atoms with E-state index < -0.39 is 0 Å². The van der Waals surface area contributed by atoms with Gasteiger partial charge in [0.25, 0.3) is 0 Å². The van der Waals surface area contributed by atoms with Crippen LogP contribution in [-0.4, -0.2) is 19.6 Å². The van der Waals surface area contributed by atoms with Crippen LogP contribution < -0.4 is 17.3 Å². The molecule has 17 heavy (non-hydrogen) atoms. The standard InChI is InChI=1S/C15H21N.ClH/c1-3-8-15-9-10-16(2)14(15)11-12-6-4-5-7-13(12)15;/h4-7,14H,3,8-11H2,1-2H3;1H. The third-order valence-corrected chi connectivity index (χ3v) is 4.90. The summed E-state index contributed by atoms with van der Waals surface area (Å²) >= 11 is 0. The first kappa shape index (κ1) is 12.9. The molecule has 1 saturated heterocycles. The van der Waals surface area contributed by atoms with E-state index >= 15 is 0 Å². The van der Waals surface area contributed by atoms with Gasteiger partial charge in [-0.05, 0) is 17.5 Å². The highest BCUT2D eigenvalue weighted by atomic mass is 35.5. The molecule has 1 aliphatic heterocycles. The summed E-state index contributed by atoms with van der Waals surface area (Å²) in [5.74, 6) is 0. The largest absolute Gasteiger partial charge is 1.00 e. The Kier molecular flexibility index (Phi) is 3.51. The smallest absolute Gasteiger partial charge is 0.101 e. The number of fused-ring (bicyclic) bond motifs is 3. The molecule has 94 valence electrons. The minimum Gasteiger partial charge on any atom is -1.00 e. The second-order valence-corrected chi connectivity index (χ2v) is 5.67. The fraction of sp³-hybridized carbons (Fsp3) is 0.600. The normalized spacial score (nSPS) is 34.0. The lowest BCUT2D eigenvalue weighted by molar-refractivity contribution is -0.894. The van der Waals surface area contributed by atoms with Crippen LogP contribution in [-0.2, 0) is 11.8 Å². The van der Waals surface area contributed by atoms with Crippen LogP contribution in [0.1, 0.15) is 37.3 Å². The number of hydrogen-bond donors (Lipinski definition) is 1. The predicted molar refractivity (Wildman–Crippen MR) is 66.9 cm³/mol. The first-order chi connectivity index (χ1) is 7.78. The van der Waals surface area contributed by atoms with Gasteiger partial charge in [-0.1, -0.05) is 37.6 Å². The van der Waals surface area contributed by atoms with E-state index in [1.807, 2.05) is 0 Å². The SMILES string of the molecule is CCCC12CC[NH+](C)C1Cc1ccccc12.[Cl-]. The quantitative estimate of drug-likeness (QED) is 0.658. The van der Waals surface area contributed by atoms with Gasteiger partial charge in [0.05, 0.1) is 19.0 Å². The Balaban J connectivity index is 0.00000108. The lowest BCUT2D eigenvalue weighted by Gasteiger charge is -2.28. The van der Waals surface area contributed by atoms with Crippen LogP contribution >= 0.6 is 0 Å². The van der Waals surface area contributed by atoms with Gasteiger partial charge in [-0.25, -0.2) is 0 Å². The molecule has 0 amide bonds. The molecule has 1 nitrogen and oxygen atoms in total. The zero-order chi connectivity index (χ0) is 11.2. The molecular formula is C15H22ClN. The van der Waals surface area contributed by atoms with Crippen LogP contribution in [0.25, 0.3) is 0 Å². The minimum atomic E-state index is 0. The molecule has 1 aliphatic carbocycles. The van der Waals surface area contributed by atoms with E-state index in [2.05, 4.69) is 38.2 Å². The van der Waals surface area contributed by atoms with Crippen LogP contribution in [0.5, 0.6) is 0 Å². The molecule has 1 heterocycles. The lowest BCUT2D eigenvalue weighted by Crippen LogP contribution is -3.11. The van der Waals surface area contributed by atoms with Gasteiger partial charge in [0.1, 0.15) is 6.04 Å². The van der Waals surface area contributed by atoms with Crippen molar-refractivity contribution in [2.24, 2.45) is 0 Å². The average Bonchev–Trinajstić information content (AvgIpc) is 2.77. The third-order valence-electron chi connectivity index (χ3n) is 4.90. The fourth-order valence-corrected chi connectivity index (χ4v) is 4.22. The van der Waals surface area contributed by atoms with Gasteiger partial charge in [-0.3, -0.25) is 0 Å². The Hall–Kier alpha value is -0.530. The number of rotatable bonds is 2. The highest BCUT2D eigenvalue weighted by Crippen LogP contribution is 2.45. The van der Waals surface area contributed by atoms with Crippen molar-refractivity contribution >= 4 is 0 Å². The zero-order valence-corrected chi connectivity index (χ0v) is 11.6. The third kappa shape index (κ3) is 1.71. The predicted octanol–water partition coefficient (Wildman–Crippen LogP) is -1.43. The maximum atomic E-state index is 2.39. The Morgan fingerprint density at radius 3 is 2.88 bits per heavy atom. The number of quaternary nitrogens is 1. The van der Waals surface area contributed by atoms with Crippen LogP contribution in [0.4, 0.5) is 0 Å². The summed E-state index contributed by atoms with van der Waals surface area (Å²) < 4.78 is 0. The summed E-state index contributed by atoms with van der Waals surface area (Å²) in [6, 6.07) is 10.0. The molecule has 0 bridgehead atoms. The van der Waals surface area contributed by atoms with Gasteiger partial charge >= 0.3 is 0 Å². The zero-order valence-electron chi connectivity index (χ0n) is 10.8. The topological polar surface area (TPSA) is 4.44 Å². The monoisotopic (exact) mass is 251 g/mol. The van der Waals surface area contributed by atoms with Gasteiger partial charge in [0.15, 0.2) is 0 Å². The van der Waals surface area contributed by atoms with Crippen molar-refractivity contribution in [1.82, 2.24) is 0 Å². The average molecular weight is 252 g/mol. The molecule has 0 saturated carbocycles. The lowest BCUT2D eigenvalue weighted by atomic mass is 9.75. The van der Waals surface area contributed by atoms with Gasteiger partial charge < -0.3 is 17.3 Å². The van der Waals surface area contributed by atoms with Crippen LogP contribution in [0.15, 0.2) is 24.3 Å². The van der Waals surface area contributed by atoms with Crippen molar-refractivity contribution in [2.75, 3.05) is 13.6 Å². The molecule has 3 rings (SSSR count). The second kappa shape index (κ2) is 4.62. The number of likely N-dealkylation sites (tertiary alicyclic amines) is 1. The van der Waals surface area contributed by atoms with Crippen molar-refractivity contribution < 1.29 is 17.3 Å². The highest BCUT2D eigenvalue weighted by Gasteiger charge is 2.54. The number of nitrogens with one attached hydrogen (secondary N) is 1. The molecule has 1 aromatic rings. The van der Waals surface area contributed by atoms with Crippen molar-refractivity contribution in [3.8, 4) is 0 Å². The Morgan fingerprint density at radius 1 is 1.35 bits per heavy atom. The van der Waals surface area contributed by atoms with E-state index in [1.165, 1.54) is 32.2 Å². The summed E-state index contributed by atoms with van der Waals surface area (Å²) in [7, 11) is 2.38.